The third kappa shape index (κ3) is 4.94. The van der Waals surface area contributed by atoms with Gasteiger partial charge in [0.05, 0.1) is 29.2 Å². The maximum Gasteiger partial charge on any atom is 0.343 e. The molecule has 10 nitrogen and oxygen atoms in total. The first-order chi connectivity index (χ1) is 15.2. The highest BCUT2D eigenvalue weighted by molar-refractivity contribution is 9.10. The first kappa shape index (κ1) is 23.4. The van der Waals surface area contributed by atoms with Crippen molar-refractivity contribution in [3.63, 3.8) is 0 Å². The molecule has 0 aliphatic rings. The molecule has 0 bridgehead atoms. The van der Waals surface area contributed by atoms with Gasteiger partial charge in [-0.3, -0.25) is 14.9 Å². The number of fused-ring (bicyclic) bond motifs is 1. The molecule has 1 aromatic heterocycles. The molecule has 0 unspecified atom stereocenters. The molecule has 0 aliphatic carbocycles. The van der Waals surface area contributed by atoms with E-state index in [1.165, 1.54) is 12.3 Å². The highest BCUT2D eigenvalue weighted by Gasteiger charge is 2.22. The van der Waals surface area contributed by atoms with E-state index >= 15 is 0 Å². The van der Waals surface area contributed by atoms with Gasteiger partial charge >= 0.3 is 11.7 Å². The Morgan fingerprint density at radius 2 is 2.12 bits per heavy atom. The Bertz CT molecular complexity index is 1310. The van der Waals surface area contributed by atoms with Crippen LogP contribution in [-0.4, -0.2) is 40.5 Å². The Balaban J connectivity index is 2.15. The molecule has 0 N–H and O–H groups in total. The lowest BCUT2D eigenvalue weighted by molar-refractivity contribution is -0.385. The molecule has 0 spiro atoms. The summed E-state index contributed by atoms with van der Waals surface area (Å²) < 4.78 is 11.6. The van der Waals surface area contributed by atoms with Gasteiger partial charge in [-0.05, 0) is 24.3 Å². The highest BCUT2D eigenvalue weighted by Crippen LogP contribution is 2.33. The van der Waals surface area contributed by atoms with Crippen molar-refractivity contribution in [1.82, 2.24) is 9.66 Å². The number of carbonyl (C=O) groups is 1. The van der Waals surface area contributed by atoms with E-state index in [9.17, 15) is 19.7 Å². The topological polar surface area (TPSA) is 126 Å². The summed E-state index contributed by atoms with van der Waals surface area (Å²) >= 11 is 9.35. The number of aryl methyl sites for hydroxylation is 1. The number of benzene rings is 2. The van der Waals surface area contributed by atoms with E-state index in [1.807, 2.05) is 6.92 Å². The Morgan fingerprint density at radius 1 is 1.38 bits per heavy atom. The van der Waals surface area contributed by atoms with Gasteiger partial charge in [-0.2, -0.15) is 9.78 Å². The molecule has 3 rings (SSSR count). The predicted octanol–water partition coefficient (Wildman–Crippen LogP) is 3.72. The Labute approximate surface area is 194 Å². The summed E-state index contributed by atoms with van der Waals surface area (Å²) in [6, 6.07) is 7.58. The second kappa shape index (κ2) is 9.88. The Kier molecular flexibility index (Phi) is 7.21. The molecule has 1 heterocycles. The molecule has 0 radical (unpaired) electrons. The van der Waals surface area contributed by atoms with Crippen LogP contribution in [0.1, 0.15) is 18.3 Å². The molecular weight excluding hydrogens is 508 g/mol. The average molecular weight is 524 g/mol. The Morgan fingerprint density at radius 3 is 2.78 bits per heavy atom. The van der Waals surface area contributed by atoms with Gasteiger partial charge in [0.25, 0.3) is 5.56 Å². The van der Waals surface area contributed by atoms with Gasteiger partial charge in [0.2, 0.25) is 5.75 Å². The van der Waals surface area contributed by atoms with Crippen LogP contribution in [0.4, 0.5) is 5.69 Å². The van der Waals surface area contributed by atoms with E-state index in [0.29, 0.717) is 27.6 Å². The fraction of sp³-hybridized carbons (Fsp3) is 0.200. The standard InChI is InChI=1S/C20H16BrClN4O6/c1-3-17-24-15-5-4-12(21)7-14(15)20(28)25(17)23-9-11-6-13(22)8-16(26(29)30)19(11)32-10-18(27)31-2/h4-9H,3,10H2,1-2H3. The van der Waals surface area contributed by atoms with Crippen molar-refractivity contribution in [2.45, 2.75) is 13.3 Å². The number of rotatable bonds is 7. The molecule has 2 aromatic carbocycles. The minimum Gasteiger partial charge on any atom is -0.474 e. The van der Waals surface area contributed by atoms with Crippen LogP contribution in [0.15, 0.2) is 44.7 Å². The lowest BCUT2D eigenvalue weighted by atomic mass is 10.2. The monoisotopic (exact) mass is 522 g/mol. The van der Waals surface area contributed by atoms with Crippen LogP contribution < -0.4 is 10.3 Å². The van der Waals surface area contributed by atoms with Crippen molar-refractivity contribution in [1.29, 1.82) is 0 Å². The number of halogens is 2. The number of nitro groups is 1. The fourth-order valence-corrected chi connectivity index (χ4v) is 3.42. The number of methoxy groups -OCH3 is 1. The minimum absolute atomic E-state index is 0.0483. The van der Waals surface area contributed by atoms with Gasteiger partial charge in [0.15, 0.2) is 6.61 Å². The number of hydrogen-bond donors (Lipinski definition) is 0. The van der Waals surface area contributed by atoms with Gasteiger partial charge in [-0.25, -0.2) is 9.78 Å². The summed E-state index contributed by atoms with van der Waals surface area (Å²) in [7, 11) is 1.16. The van der Waals surface area contributed by atoms with Crippen molar-refractivity contribution < 1.29 is 19.2 Å². The molecule has 3 aromatic rings. The molecule has 0 saturated carbocycles. The number of esters is 1. The van der Waals surface area contributed by atoms with Crippen LogP contribution in [0, 0.1) is 10.1 Å². The molecule has 32 heavy (non-hydrogen) atoms. The van der Waals surface area contributed by atoms with E-state index in [2.05, 4.69) is 30.8 Å². The smallest absolute Gasteiger partial charge is 0.343 e. The zero-order valence-electron chi connectivity index (χ0n) is 16.9. The molecule has 166 valence electrons. The van der Waals surface area contributed by atoms with E-state index in [-0.39, 0.29) is 16.3 Å². The van der Waals surface area contributed by atoms with E-state index in [1.54, 1.807) is 18.2 Å². The zero-order valence-corrected chi connectivity index (χ0v) is 19.2. The van der Waals surface area contributed by atoms with Crippen LogP contribution >= 0.6 is 27.5 Å². The van der Waals surface area contributed by atoms with Crippen molar-refractivity contribution in [3.05, 3.63) is 71.7 Å². The molecule has 12 heteroatoms. The summed E-state index contributed by atoms with van der Waals surface area (Å²) in [6.45, 7) is 1.25. The number of carbonyl (C=O) groups excluding carboxylic acids is 1. The predicted molar refractivity (Wildman–Crippen MR) is 122 cm³/mol. The summed E-state index contributed by atoms with van der Waals surface area (Å²) in [5.74, 6) is -0.586. The van der Waals surface area contributed by atoms with Gasteiger partial charge in [0, 0.05) is 27.5 Å². The first-order valence-electron chi connectivity index (χ1n) is 9.18. The molecular formula is C20H16BrClN4O6. The van der Waals surface area contributed by atoms with E-state index < -0.39 is 28.7 Å². The van der Waals surface area contributed by atoms with E-state index in [4.69, 9.17) is 16.3 Å². The maximum absolute atomic E-state index is 13.0. The second-order valence-electron chi connectivity index (χ2n) is 6.37. The number of nitrogens with zero attached hydrogens (tertiary/aromatic N) is 4. The number of ether oxygens (including phenoxy) is 2. The molecule has 0 amide bonds. The van der Waals surface area contributed by atoms with Crippen molar-refractivity contribution in [2.24, 2.45) is 5.10 Å². The van der Waals surface area contributed by atoms with Crippen LogP contribution in [0.3, 0.4) is 0 Å². The van der Waals surface area contributed by atoms with Gasteiger partial charge in [-0.1, -0.05) is 34.5 Å². The Hall–Kier alpha value is -3.31. The third-order valence-electron chi connectivity index (χ3n) is 4.33. The van der Waals surface area contributed by atoms with Gasteiger partial charge in [0.1, 0.15) is 5.82 Å². The second-order valence-corrected chi connectivity index (χ2v) is 7.72. The average Bonchev–Trinajstić information content (AvgIpc) is 2.77. The zero-order chi connectivity index (χ0) is 23.4. The summed E-state index contributed by atoms with van der Waals surface area (Å²) in [5, 5.41) is 16.1. The van der Waals surface area contributed by atoms with Crippen LogP contribution in [0.2, 0.25) is 5.02 Å². The summed E-state index contributed by atoms with van der Waals surface area (Å²) in [4.78, 5) is 39.7. The molecule has 0 fully saturated rings. The molecule has 0 atom stereocenters. The summed E-state index contributed by atoms with van der Waals surface area (Å²) in [6.07, 6.45) is 1.59. The largest absolute Gasteiger partial charge is 0.474 e. The number of aromatic nitrogens is 2. The quantitative estimate of drug-likeness (QED) is 0.200. The normalized spacial score (nSPS) is 11.1. The van der Waals surface area contributed by atoms with E-state index in [0.717, 1.165) is 17.9 Å². The fourth-order valence-electron chi connectivity index (χ4n) is 2.84. The van der Waals surface area contributed by atoms with Crippen molar-refractivity contribution in [3.8, 4) is 5.75 Å². The first-order valence-corrected chi connectivity index (χ1v) is 10.3. The number of nitro benzene ring substituents is 1. The van der Waals surface area contributed by atoms with Crippen molar-refractivity contribution in [2.75, 3.05) is 13.7 Å². The minimum atomic E-state index is -0.731. The van der Waals surface area contributed by atoms with Crippen LogP contribution in [0.5, 0.6) is 5.75 Å². The van der Waals surface area contributed by atoms with Crippen molar-refractivity contribution >= 4 is 56.3 Å². The summed E-state index contributed by atoms with van der Waals surface area (Å²) in [5.41, 5.74) is -0.275. The maximum atomic E-state index is 13.0. The number of hydrogen-bond acceptors (Lipinski definition) is 8. The van der Waals surface area contributed by atoms with Gasteiger partial charge < -0.3 is 9.47 Å². The van der Waals surface area contributed by atoms with Crippen LogP contribution in [0.25, 0.3) is 10.9 Å². The lowest BCUT2D eigenvalue weighted by Crippen LogP contribution is -2.22. The third-order valence-corrected chi connectivity index (χ3v) is 5.04. The SMILES string of the molecule is CCc1nc2ccc(Br)cc2c(=O)n1N=Cc1cc(Cl)cc([N+](=O)[O-])c1OCC(=O)OC. The van der Waals surface area contributed by atoms with Crippen LogP contribution in [-0.2, 0) is 16.0 Å². The molecule has 0 saturated heterocycles. The van der Waals surface area contributed by atoms with Gasteiger partial charge in [-0.15, -0.1) is 0 Å². The highest BCUT2D eigenvalue weighted by atomic mass is 79.9. The molecule has 0 aliphatic heterocycles. The lowest BCUT2D eigenvalue weighted by Gasteiger charge is -2.10.